The maximum Gasteiger partial charge on any atom is 0.251 e. The van der Waals surface area contributed by atoms with Gasteiger partial charge in [-0.3, -0.25) is 19.2 Å². The van der Waals surface area contributed by atoms with Crippen LogP contribution in [0.4, 0.5) is 4.39 Å². The minimum absolute atomic E-state index is 0.0704. The number of halogens is 1. The maximum atomic E-state index is 14.4. The Morgan fingerprint density at radius 1 is 1.13 bits per heavy atom. The number of aromatic nitrogens is 2. The van der Waals surface area contributed by atoms with Crippen molar-refractivity contribution in [3.63, 3.8) is 0 Å². The van der Waals surface area contributed by atoms with Crippen molar-refractivity contribution in [2.24, 2.45) is 7.05 Å². The molecule has 1 N–H and O–H groups in total. The van der Waals surface area contributed by atoms with Crippen LogP contribution in [0, 0.1) is 12.7 Å². The monoisotopic (exact) mass is 519 g/mol. The van der Waals surface area contributed by atoms with Crippen molar-refractivity contribution in [2.45, 2.75) is 19.4 Å². The van der Waals surface area contributed by atoms with Crippen LogP contribution in [-0.2, 0) is 18.3 Å². The highest BCUT2D eigenvalue weighted by Gasteiger charge is 2.24. The summed E-state index contributed by atoms with van der Waals surface area (Å²) in [5.74, 6) is 0.0622. The number of ether oxygens (including phenoxy) is 1. The van der Waals surface area contributed by atoms with Crippen molar-refractivity contribution in [3.05, 3.63) is 95.6 Å². The van der Waals surface area contributed by atoms with E-state index in [2.05, 4.69) is 21.9 Å². The minimum Gasteiger partial charge on any atom is -0.484 e. The van der Waals surface area contributed by atoms with Gasteiger partial charge in [0.1, 0.15) is 17.7 Å². The molecule has 8 nitrogen and oxygen atoms in total. The number of carbonyl (C=O) groups is 2. The Bertz CT molecular complexity index is 1270. The molecule has 200 valence electrons. The number of hydrogen-bond acceptors (Lipinski definition) is 5. The van der Waals surface area contributed by atoms with Gasteiger partial charge in [0.15, 0.2) is 0 Å². The SMILES string of the molecule is C=CC(=O)N1CCN(CC(Oc2ccc(C(=O)NCCc3ccn(C)n3)cc2)c2ccc(C)c(F)c2)CC1. The van der Waals surface area contributed by atoms with Gasteiger partial charge in [-0.15, -0.1) is 0 Å². The molecule has 9 heteroatoms. The highest BCUT2D eigenvalue weighted by atomic mass is 19.1. The average Bonchev–Trinajstić information content (AvgIpc) is 3.35. The number of benzene rings is 2. The summed E-state index contributed by atoms with van der Waals surface area (Å²) in [5.41, 5.74) is 2.75. The largest absolute Gasteiger partial charge is 0.484 e. The predicted molar refractivity (Wildman–Crippen MR) is 143 cm³/mol. The summed E-state index contributed by atoms with van der Waals surface area (Å²) >= 11 is 0. The fourth-order valence-corrected chi connectivity index (χ4v) is 4.39. The zero-order valence-electron chi connectivity index (χ0n) is 21.9. The van der Waals surface area contributed by atoms with E-state index in [0.717, 1.165) is 11.3 Å². The third-order valence-corrected chi connectivity index (χ3v) is 6.68. The van der Waals surface area contributed by atoms with Gasteiger partial charge < -0.3 is 15.0 Å². The van der Waals surface area contributed by atoms with E-state index in [1.807, 2.05) is 25.4 Å². The Balaban J connectivity index is 1.39. The lowest BCUT2D eigenvalue weighted by Gasteiger charge is -2.36. The zero-order valence-corrected chi connectivity index (χ0v) is 21.9. The van der Waals surface area contributed by atoms with Crippen molar-refractivity contribution >= 4 is 11.8 Å². The van der Waals surface area contributed by atoms with Crippen LogP contribution in [0.5, 0.6) is 5.75 Å². The first-order valence-electron chi connectivity index (χ1n) is 12.8. The smallest absolute Gasteiger partial charge is 0.251 e. The van der Waals surface area contributed by atoms with Gasteiger partial charge in [0, 0.05) is 64.5 Å². The van der Waals surface area contributed by atoms with E-state index >= 15 is 0 Å². The Labute approximate surface area is 222 Å². The number of rotatable bonds is 10. The molecule has 1 atom stereocenters. The van der Waals surface area contributed by atoms with E-state index in [1.54, 1.807) is 46.8 Å². The van der Waals surface area contributed by atoms with Crippen LogP contribution in [0.25, 0.3) is 0 Å². The average molecular weight is 520 g/mol. The van der Waals surface area contributed by atoms with Gasteiger partial charge >= 0.3 is 0 Å². The second-order valence-corrected chi connectivity index (χ2v) is 9.46. The molecule has 1 saturated heterocycles. The van der Waals surface area contributed by atoms with E-state index in [1.165, 1.54) is 12.1 Å². The second kappa shape index (κ2) is 12.5. The number of nitrogens with zero attached hydrogens (tertiary/aromatic N) is 4. The number of nitrogens with one attached hydrogen (secondary N) is 1. The Kier molecular flexibility index (Phi) is 8.91. The molecule has 1 unspecified atom stereocenters. The number of aryl methyl sites for hydroxylation is 2. The van der Waals surface area contributed by atoms with E-state index in [9.17, 15) is 14.0 Å². The van der Waals surface area contributed by atoms with Gasteiger partial charge in [0.2, 0.25) is 5.91 Å². The molecule has 0 aliphatic carbocycles. The standard InChI is InChI=1S/C29H34FN5O3/c1-4-28(36)35-17-15-34(16-18-35)20-27(23-6-5-21(2)26(30)19-23)38-25-9-7-22(8-10-25)29(37)31-13-11-24-12-14-33(3)32-24/h4-10,12,14,19,27H,1,11,13,15-18,20H2,2-3H3,(H,31,37). The zero-order chi connectivity index (χ0) is 27.1. The topological polar surface area (TPSA) is 79.7 Å². The summed E-state index contributed by atoms with van der Waals surface area (Å²) in [7, 11) is 1.86. The molecule has 2 heterocycles. The Morgan fingerprint density at radius 2 is 1.87 bits per heavy atom. The molecule has 2 amide bonds. The van der Waals surface area contributed by atoms with E-state index in [4.69, 9.17) is 4.74 Å². The number of carbonyl (C=O) groups excluding carboxylic acids is 2. The molecule has 1 aliphatic heterocycles. The van der Waals surface area contributed by atoms with Crippen molar-refractivity contribution in [2.75, 3.05) is 39.3 Å². The third-order valence-electron chi connectivity index (χ3n) is 6.68. The molecule has 0 saturated carbocycles. The lowest BCUT2D eigenvalue weighted by Crippen LogP contribution is -2.49. The van der Waals surface area contributed by atoms with Gasteiger partial charge in [0.25, 0.3) is 5.91 Å². The van der Waals surface area contributed by atoms with Gasteiger partial charge in [-0.25, -0.2) is 4.39 Å². The molecule has 1 aromatic heterocycles. The van der Waals surface area contributed by atoms with Crippen molar-refractivity contribution in [3.8, 4) is 5.75 Å². The molecule has 0 spiro atoms. The Morgan fingerprint density at radius 3 is 2.50 bits per heavy atom. The highest BCUT2D eigenvalue weighted by Crippen LogP contribution is 2.25. The summed E-state index contributed by atoms with van der Waals surface area (Å²) in [4.78, 5) is 28.5. The summed E-state index contributed by atoms with van der Waals surface area (Å²) in [6, 6.07) is 14.0. The molecule has 4 rings (SSSR count). The van der Waals surface area contributed by atoms with Crippen molar-refractivity contribution < 1.29 is 18.7 Å². The fraction of sp³-hybridized carbons (Fsp3) is 0.345. The van der Waals surface area contributed by atoms with Crippen LogP contribution in [-0.4, -0.2) is 70.7 Å². The third kappa shape index (κ3) is 7.07. The van der Waals surface area contributed by atoms with E-state index in [0.29, 0.717) is 62.6 Å². The summed E-state index contributed by atoms with van der Waals surface area (Å²) in [6.07, 6.45) is 3.43. The Hall–Kier alpha value is -3.98. The molecule has 2 aromatic carbocycles. The molecule has 1 aliphatic rings. The van der Waals surface area contributed by atoms with Gasteiger partial charge in [0.05, 0.1) is 5.69 Å². The first-order chi connectivity index (χ1) is 18.3. The summed E-state index contributed by atoms with van der Waals surface area (Å²) in [6.45, 7) is 8.89. The molecule has 1 fully saturated rings. The van der Waals surface area contributed by atoms with Crippen LogP contribution in [0.2, 0.25) is 0 Å². The summed E-state index contributed by atoms with van der Waals surface area (Å²) in [5, 5.41) is 7.22. The minimum atomic E-state index is -0.426. The van der Waals surface area contributed by atoms with Crippen LogP contribution < -0.4 is 10.1 Å². The molecular weight excluding hydrogens is 485 g/mol. The molecular formula is C29H34FN5O3. The highest BCUT2D eigenvalue weighted by molar-refractivity contribution is 5.94. The van der Waals surface area contributed by atoms with Crippen LogP contribution in [0.3, 0.4) is 0 Å². The lowest BCUT2D eigenvalue weighted by atomic mass is 10.1. The van der Waals surface area contributed by atoms with Crippen LogP contribution in [0.1, 0.15) is 33.3 Å². The molecule has 0 radical (unpaired) electrons. The van der Waals surface area contributed by atoms with Crippen molar-refractivity contribution in [1.82, 2.24) is 24.9 Å². The lowest BCUT2D eigenvalue weighted by molar-refractivity contribution is -0.127. The van der Waals surface area contributed by atoms with Gasteiger partial charge in [-0.2, -0.15) is 5.10 Å². The maximum absolute atomic E-state index is 14.4. The van der Waals surface area contributed by atoms with E-state index in [-0.39, 0.29) is 17.6 Å². The number of amides is 2. The van der Waals surface area contributed by atoms with Gasteiger partial charge in [-0.1, -0.05) is 18.7 Å². The predicted octanol–water partition coefficient (Wildman–Crippen LogP) is 3.29. The first-order valence-corrected chi connectivity index (χ1v) is 12.8. The normalized spacial score (nSPS) is 14.7. The number of hydrogen-bond donors (Lipinski definition) is 1. The van der Waals surface area contributed by atoms with Crippen molar-refractivity contribution in [1.29, 1.82) is 0 Å². The quantitative estimate of drug-likeness (QED) is 0.416. The van der Waals surface area contributed by atoms with Crippen LogP contribution in [0.15, 0.2) is 67.4 Å². The first kappa shape index (κ1) is 27.1. The summed E-state index contributed by atoms with van der Waals surface area (Å²) < 4.78 is 22.5. The van der Waals surface area contributed by atoms with E-state index < -0.39 is 6.10 Å². The van der Waals surface area contributed by atoms with Gasteiger partial charge in [-0.05, 0) is 60.5 Å². The molecule has 3 aromatic rings. The van der Waals surface area contributed by atoms with Crippen LogP contribution >= 0.6 is 0 Å². The molecule has 0 bridgehead atoms. The molecule has 38 heavy (non-hydrogen) atoms. The number of piperazine rings is 1. The second-order valence-electron chi connectivity index (χ2n) is 9.46. The fourth-order valence-electron chi connectivity index (χ4n) is 4.39.